The quantitative estimate of drug-likeness (QED) is 0.895. The van der Waals surface area contributed by atoms with Crippen LogP contribution in [0.25, 0.3) is 0 Å². The first-order chi connectivity index (χ1) is 11.5. The Morgan fingerprint density at radius 2 is 1.96 bits per heavy atom. The summed E-state index contributed by atoms with van der Waals surface area (Å²) in [5.74, 6) is 0.0743. The van der Waals surface area contributed by atoms with E-state index < -0.39 is 0 Å². The van der Waals surface area contributed by atoms with Crippen LogP contribution in [0.2, 0.25) is 0 Å². The van der Waals surface area contributed by atoms with Crippen molar-refractivity contribution in [2.24, 2.45) is 4.99 Å². The predicted octanol–water partition coefficient (Wildman–Crippen LogP) is 4.06. The van der Waals surface area contributed by atoms with E-state index in [9.17, 15) is 4.79 Å². The van der Waals surface area contributed by atoms with Crippen LogP contribution in [0.5, 0.6) is 0 Å². The second kappa shape index (κ2) is 7.60. The zero-order valence-corrected chi connectivity index (χ0v) is 15.6. The van der Waals surface area contributed by atoms with Crippen molar-refractivity contribution in [2.75, 3.05) is 12.4 Å². The van der Waals surface area contributed by atoms with Crippen LogP contribution in [-0.4, -0.2) is 40.4 Å². The van der Waals surface area contributed by atoms with Gasteiger partial charge in [-0.25, -0.2) is 0 Å². The Bertz CT molecular complexity index is 608. The Morgan fingerprint density at radius 1 is 1.29 bits per heavy atom. The molecule has 2 fully saturated rings. The van der Waals surface area contributed by atoms with Crippen molar-refractivity contribution in [3.63, 3.8) is 0 Å². The number of aryl methyl sites for hydroxylation is 1. The average Bonchev–Trinajstić information content (AvgIpc) is 3.14. The molecule has 0 radical (unpaired) electrons. The SMILES string of the molecule is Cc1ccc(NC(=O)CC2C(C)SC(=NC3CCCC3)N2C)cc1. The summed E-state index contributed by atoms with van der Waals surface area (Å²) in [4.78, 5) is 19.6. The highest BCUT2D eigenvalue weighted by Gasteiger charge is 2.36. The molecule has 1 aliphatic carbocycles. The first kappa shape index (κ1) is 17.3. The fourth-order valence-corrected chi connectivity index (χ4v) is 4.72. The molecular weight excluding hydrogens is 318 g/mol. The van der Waals surface area contributed by atoms with Crippen LogP contribution >= 0.6 is 11.8 Å². The lowest BCUT2D eigenvalue weighted by Gasteiger charge is -2.23. The highest BCUT2D eigenvalue weighted by molar-refractivity contribution is 8.14. The number of carbonyl (C=O) groups is 1. The van der Waals surface area contributed by atoms with E-state index in [0.29, 0.717) is 17.7 Å². The van der Waals surface area contributed by atoms with Crippen LogP contribution in [0.3, 0.4) is 0 Å². The Balaban J connectivity index is 1.59. The molecule has 1 amide bonds. The zero-order chi connectivity index (χ0) is 17.1. The smallest absolute Gasteiger partial charge is 0.226 e. The minimum Gasteiger partial charge on any atom is -0.350 e. The molecule has 0 bridgehead atoms. The number of carbonyl (C=O) groups excluding carboxylic acids is 1. The highest BCUT2D eigenvalue weighted by atomic mass is 32.2. The topological polar surface area (TPSA) is 44.7 Å². The molecule has 5 heteroatoms. The molecule has 1 aromatic carbocycles. The van der Waals surface area contributed by atoms with Gasteiger partial charge in [-0.15, -0.1) is 0 Å². The highest BCUT2D eigenvalue weighted by Crippen LogP contribution is 2.34. The van der Waals surface area contributed by atoms with Gasteiger partial charge in [-0.2, -0.15) is 0 Å². The summed E-state index contributed by atoms with van der Waals surface area (Å²) in [6, 6.07) is 8.64. The van der Waals surface area contributed by atoms with Gasteiger partial charge < -0.3 is 10.2 Å². The normalized spacial score (nSPS) is 26.3. The molecule has 130 valence electrons. The molecule has 3 rings (SSSR count). The summed E-state index contributed by atoms with van der Waals surface area (Å²) in [5, 5.41) is 4.51. The van der Waals surface area contributed by atoms with Crippen molar-refractivity contribution in [3.05, 3.63) is 29.8 Å². The maximum Gasteiger partial charge on any atom is 0.226 e. The first-order valence-electron chi connectivity index (χ1n) is 8.87. The number of benzene rings is 1. The standard InChI is InChI=1S/C19H27N3OS/c1-13-8-10-16(11-9-13)20-18(23)12-17-14(2)24-19(22(17)3)21-15-6-4-5-7-15/h8-11,14-15,17H,4-7,12H2,1-3H3,(H,20,23). The number of nitrogens with one attached hydrogen (secondary N) is 1. The van der Waals surface area contributed by atoms with Crippen molar-refractivity contribution in [1.82, 2.24) is 4.90 Å². The van der Waals surface area contributed by atoms with E-state index in [1.165, 1.54) is 31.2 Å². The monoisotopic (exact) mass is 345 g/mol. The first-order valence-corrected chi connectivity index (χ1v) is 9.74. The molecule has 2 aliphatic rings. The van der Waals surface area contributed by atoms with Crippen molar-refractivity contribution >= 4 is 28.5 Å². The average molecular weight is 346 g/mol. The van der Waals surface area contributed by atoms with Gasteiger partial charge in [0, 0.05) is 24.4 Å². The van der Waals surface area contributed by atoms with Crippen LogP contribution in [0.4, 0.5) is 5.69 Å². The summed E-state index contributed by atoms with van der Waals surface area (Å²) in [6.45, 7) is 4.24. The Kier molecular flexibility index (Phi) is 5.49. The van der Waals surface area contributed by atoms with Gasteiger partial charge in [0.1, 0.15) is 0 Å². The number of rotatable bonds is 4. The van der Waals surface area contributed by atoms with Gasteiger partial charge in [-0.05, 0) is 31.9 Å². The van der Waals surface area contributed by atoms with E-state index in [-0.39, 0.29) is 11.9 Å². The van der Waals surface area contributed by atoms with Gasteiger partial charge in [-0.3, -0.25) is 9.79 Å². The minimum atomic E-state index is 0.0743. The molecule has 0 spiro atoms. The summed E-state index contributed by atoms with van der Waals surface area (Å²) < 4.78 is 0. The molecular formula is C19H27N3OS. The molecule has 1 aromatic rings. The van der Waals surface area contributed by atoms with Gasteiger partial charge in [0.25, 0.3) is 0 Å². The van der Waals surface area contributed by atoms with Gasteiger partial charge in [0.05, 0.1) is 12.1 Å². The number of aliphatic imine (C=N–C) groups is 1. The predicted molar refractivity (Wildman–Crippen MR) is 103 cm³/mol. The third-order valence-electron chi connectivity index (χ3n) is 4.98. The van der Waals surface area contributed by atoms with Crippen LogP contribution in [0.1, 0.15) is 44.6 Å². The third-order valence-corrected chi connectivity index (χ3v) is 6.27. The molecule has 1 saturated carbocycles. The molecule has 1 aliphatic heterocycles. The number of thioether (sulfide) groups is 1. The Hall–Kier alpha value is -1.49. The van der Waals surface area contributed by atoms with Crippen LogP contribution < -0.4 is 5.32 Å². The molecule has 2 unspecified atom stereocenters. The van der Waals surface area contributed by atoms with Crippen LogP contribution in [-0.2, 0) is 4.79 Å². The van der Waals surface area contributed by atoms with Crippen LogP contribution in [0, 0.1) is 6.92 Å². The third kappa shape index (κ3) is 4.12. The fraction of sp³-hybridized carbons (Fsp3) is 0.579. The van der Waals surface area contributed by atoms with E-state index in [1.54, 1.807) is 0 Å². The van der Waals surface area contributed by atoms with Gasteiger partial charge >= 0.3 is 0 Å². The number of amidine groups is 1. The summed E-state index contributed by atoms with van der Waals surface area (Å²) in [6.07, 6.45) is 5.53. The maximum absolute atomic E-state index is 12.4. The lowest BCUT2D eigenvalue weighted by molar-refractivity contribution is -0.117. The maximum atomic E-state index is 12.4. The van der Waals surface area contributed by atoms with Gasteiger partial charge in [0.15, 0.2) is 5.17 Å². The van der Waals surface area contributed by atoms with E-state index in [2.05, 4.69) is 24.2 Å². The number of hydrogen-bond acceptors (Lipinski definition) is 3. The Morgan fingerprint density at radius 3 is 2.62 bits per heavy atom. The second-order valence-electron chi connectivity index (χ2n) is 6.97. The minimum absolute atomic E-state index is 0.0743. The summed E-state index contributed by atoms with van der Waals surface area (Å²) in [7, 11) is 2.08. The van der Waals surface area contributed by atoms with E-state index >= 15 is 0 Å². The van der Waals surface area contributed by atoms with Gasteiger partial charge in [0.2, 0.25) is 5.91 Å². The van der Waals surface area contributed by atoms with Crippen molar-refractivity contribution in [3.8, 4) is 0 Å². The number of anilines is 1. The van der Waals surface area contributed by atoms with Crippen LogP contribution in [0.15, 0.2) is 29.3 Å². The van der Waals surface area contributed by atoms with E-state index in [4.69, 9.17) is 4.99 Å². The molecule has 1 heterocycles. The lowest BCUT2D eigenvalue weighted by atomic mass is 10.1. The van der Waals surface area contributed by atoms with Crippen molar-refractivity contribution < 1.29 is 4.79 Å². The lowest BCUT2D eigenvalue weighted by Crippen LogP contribution is -2.36. The second-order valence-corrected chi connectivity index (χ2v) is 8.31. The molecule has 2 atom stereocenters. The number of amides is 1. The number of hydrogen-bond donors (Lipinski definition) is 1. The van der Waals surface area contributed by atoms with Crippen molar-refractivity contribution in [1.29, 1.82) is 0 Å². The molecule has 1 N–H and O–H groups in total. The Labute approximate surface area is 149 Å². The van der Waals surface area contributed by atoms with Crippen molar-refractivity contribution in [2.45, 2.75) is 63.3 Å². The number of nitrogens with zero attached hydrogens (tertiary/aromatic N) is 2. The molecule has 4 nitrogen and oxygen atoms in total. The molecule has 24 heavy (non-hydrogen) atoms. The summed E-state index contributed by atoms with van der Waals surface area (Å²) >= 11 is 1.81. The molecule has 1 saturated heterocycles. The fourth-order valence-electron chi connectivity index (χ4n) is 3.44. The zero-order valence-electron chi connectivity index (χ0n) is 14.8. The molecule has 0 aromatic heterocycles. The summed E-state index contributed by atoms with van der Waals surface area (Å²) in [5.41, 5.74) is 2.06. The van der Waals surface area contributed by atoms with Gasteiger partial charge in [-0.1, -0.05) is 49.2 Å². The largest absolute Gasteiger partial charge is 0.350 e. The van der Waals surface area contributed by atoms with E-state index in [0.717, 1.165) is 10.9 Å². The van der Waals surface area contributed by atoms with E-state index in [1.807, 2.05) is 43.0 Å².